The minimum absolute atomic E-state index is 0.200. The number of halogens is 1. The molecule has 0 aliphatic rings. The number of nitrogens with zero attached hydrogens (tertiary/aromatic N) is 1. The summed E-state index contributed by atoms with van der Waals surface area (Å²) in [6.07, 6.45) is 1.95. The van der Waals surface area contributed by atoms with Crippen LogP contribution in [-0.2, 0) is 6.54 Å². The van der Waals surface area contributed by atoms with Crippen LogP contribution in [0.5, 0.6) is 5.75 Å². The zero-order valence-electron chi connectivity index (χ0n) is 18.0. The Morgan fingerprint density at radius 2 is 1.76 bits per heavy atom. The van der Waals surface area contributed by atoms with Crippen molar-refractivity contribution in [1.82, 2.24) is 9.88 Å². The standard InChI is InChI=1S/C26H23ClN2O4/c1-17(18-5-7-20(8-6-18)26(31)32)28-25(30)23-4-2-3-19-13-14-29(24(19)23)15-16-33-22-11-9-21(27)10-12-22/h2-14,17H,15-16H2,1H3,(H,28,30)(H,31,32). The maximum Gasteiger partial charge on any atom is 0.335 e. The number of aromatic nitrogens is 1. The number of hydrogen-bond acceptors (Lipinski definition) is 3. The molecule has 6 nitrogen and oxygen atoms in total. The van der Waals surface area contributed by atoms with Gasteiger partial charge in [-0.05, 0) is 61.0 Å². The van der Waals surface area contributed by atoms with E-state index in [0.717, 1.165) is 22.2 Å². The van der Waals surface area contributed by atoms with Crippen molar-refractivity contribution in [3.8, 4) is 5.75 Å². The van der Waals surface area contributed by atoms with Gasteiger partial charge in [0.25, 0.3) is 5.91 Å². The van der Waals surface area contributed by atoms with Gasteiger partial charge >= 0.3 is 5.97 Å². The molecule has 0 radical (unpaired) electrons. The summed E-state index contributed by atoms with van der Waals surface area (Å²) in [7, 11) is 0. The normalized spacial score (nSPS) is 11.8. The summed E-state index contributed by atoms with van der Waals surface area (Å²) in [5, 5.41) is 13.7. The van der Waals surface area contributed by atoms with E-state index in [-0.39, 0.29) is 17.5 Å². The monoisotopic (exact) mass is 462 g/mol. The SMILES string of the molecule is CC(NC(=O)c1cccc2ccn(CCOc3ccc(Cl)cc3)c12)c1ccc(C(=O)O)cc1. The highest BCUT2D eigenvalue weighted by Crippen LogP contribution is 2.22. The van der Waals surface area contributed by atoms with Crippen molar-refractivity contribution >= 4 is 34.4 Å². The van der Waals surface area contributed by atoms with Crippen molar-refractivity contribution in [2.24, 2.45) is 0 Å². The van der Waals surface area contributed by atoms with Crippen molar-refractivity contribution in [3.63, 3.8) is 0 Å². The number of hydrogen-bond donors (Lipinski definition) is 2. The molecular weight excluding hydrogens is 440 g/mol. The number of carboxylic acid groups (broad SMARTS) is 1. The topological polar surface area (TPSA) is 80.6 Å². The number of ether oxygens (including phenoxy) is 1. The molecule has 0 saturated heterocycles. The highest BCUT2D eigenvalue weighted by molar-refractivity contribution is 6.30. The Morgan fingerprint density at radius 1 is 1.03 bits per heavy atom. The summed E-state index contributed by atoms with van der Waals surface area (Å²) < 4.78 is 7.82. The number of fused-ring (bicyclic) bond motifs is 1. The third-order valence-electron chi connectivity index (χ3n) is 5.45. The van der Waals surface area contributed by atoms with Gasteiger partial charge < -0.3 is 19.7 Å². The Kier molecular flexibility index (Phi) is 6.66. The first-order chi connectivity index (χ1) is 15.9. The second-order valence-electron chi connectivity index (χ2n) is 7.68. The zero-order valence-corrected chi connectivity index (χ0v) is 18.8. The Balaban J connectivity index is 1.48. The number of aromatic carboxylic acids is 1. The molecule has 7 heteroatoms. The van der Waals surface area contributed by atoms with Gasteiger partial charge in [-0.2, -0.15) is 0 Å². The first-order valence-electron chi connectivity index (χ1n) is 10.5. The van der Waals surface area contributed by atoms with Crippen LogP contribution in [0.25, 0.3) is 10.9 Å². The van der Waals surface area contributed by atoms with E-state index in [1.54, 1.807) is 30.3 Å². The summed E-state index contributed by atoms with van der Waals surface area (Å²) >= 11 is 5.91. The van der Waals surface area contributed by atoms with Crippen LogP contribution in [-0.4, -0.2) is 28.2 Å². The van der Waals surface area contributed by atoms with Crippen LogP contribution in [0.4, 0.5) is 0 Å². The summed E-state index contributed by atoms with van der Waals surface area (Å²) in [5.74, 6) is -0.448. The highest BCUT2D eigenvalue weighted by atomic mass is 35.5. The minimum atomic E-state index is -0.981. The second kappa shape index (κ2) is 9.79. The number of nitrogens with one attached hydrogen (secondary N) is 1. The summed E-state index contributed by atoms with van der Waals surface area (Å²) in [5.41, 5.74) is 2.44. The average molecular weight is 463 g/mol. The van der Waals surface area contributed by atoms with Crippen LogP contribution < -0.4 is 10.1 Å². The van der Waals surface area contributed by atoms with Crippen molar-refractivity contribution < 1.29 is 19.4 Å². The van der Waals surface area contributed by atoms with Crippen molar-refractivity contribution in [2.75, 3.05) is 6.61 Å². The van der Waals surface area contributed by atoms with E-state index in [9.17, 15) is 9.59 Å². The quantitative estimate of drug-likeness (QED) is 0.359. The molecule has 0 bridgehead atoms. The van der Waals surface area contributed by atoms with Gasteiger partial charge in [0, 0.05) is 16.6 Å². The number of carbonyl (C=O) groups excluding carboxylic acids is 1. The zero-order chi connectivity index (χ0) is 23.4. The fourth-order valence-corrected chi connectivity index (χ4v) is 3.82. The first kappa shape index (κ1) is 22.4. The van der Waals surface area contributed by atoms with Crippen LogP contribution in [0.2, 0.25) is 5.02 Å². The van der Waals surface area contributed by atoms with Crippen molar-refractivity contribution in [3.05, 3.63) is 101 Å². The molecule has 0 aliphatic carbocycles. The third-order valence-corrected chi connectivity index (χ3v) is 5.70. The van der Waals surface area contributed by atoms with Crippen molar-refractivity contribution in [1.29, 1.82) is 0 Å². The van der Waals surface area contributed by atoms with E-state index in [2.05, 4.69) is 5.32 Å². The van der Waals surface area contributed by atoms with Gasteiger partial charge in [-0.25, -0.2) is 4.79 Å². The Hall–Kier alpha value is -3.77. The highest BCUT2D eigenvalue weighted by Gasteiger charge is 2.17. The van der Waals surface area contributed by atoms with Gasteiger partial charge in [0.05, 0.1) is 29.2 Å². The van der Waals surface area contributed by atoms with Gasteiger partial charge in [-0.1, -0.05) is 35.9 Å². The molecule has 0 fully saturated rings. The molecular formula is C26H23ClN2O4. The van der Waals surface area contributed by atoms with E-state index in [1.807, 2.05) is 48.0 Å². The van der Waals surface area contributed by atoms with Gasteiger partial charge in [0.1, 0.15) is 12.4 Å². The average Bonchev–Trinajstić information content (AvgIpc) is 3.23. The maximum atomic E-state index is 13.1. The van der Waals surface area contributed by atoms with Crippen LogP contribution in [0.1, 0.15) is 39.2 Å². The lowest BCUT2D eigenvalue weighted by atomic mass is 10.0. The van der Waals surface area contributed by atoms with E-state index >= 15 is 0 Å². The molecule has 1 atom stereocenters. The van der Waals surface area contributed by atoms with Crippen LogP contribution in [0, 0.1) is 0 Å². The molecule has 1 heterocycles. The number of carbonyl (C=O) groups is 2. The van der Waals surface area contributed by atoms with Gasteiger partial charge in [0.15, 0.2) is 0 Å². The van der Waals surface area contributed by atoms with E-state index in [1.165, 1.54) is 12.1 Å². The predicted molar refractivity (Wildman–Crippen MR) is 128 cm³/mol. The summed E-state index contributed by atoms with van der Waals surface area (Å²) in [4.78, 5) is 24.2. The predicted octanol–water partition coefficient (Wildman–Crippen LogP) is 5.56. The van der Waals surface area contributed by atoms with E-state index in [0.29, 0.717) is 23.7 Å². The summed E-state index contributed by atoms with van der Waals surface area (Å²) in [6, 6.07) is 21.0. The first-order valence-corrected chi connectivity index (χ1v) is 10.9. The largest absolute Gasteiger partial charge is 0.492 e. The fraction of sp³-hybridized carbons (Fsp3) is 0.154. The van der Waals surface area contributed by atoms with Crippen LogP contribution >= 0.6 is 11.6 Å². The fourth-order valence-electron chi connectivity index (χ4n) is 3.70. The van der Waals surface area contributed by atoms with E-state index < -0.39 is 5.97 Å². The molecule has 3 aromatic carbocycles. The molecule has 0 aliphatic heterocycles. The third kappa shape index (κ3) is 5.18. The second-order valence-corrected chi connectivity index (χ2v) is 8.11. The number of rotatable bonds is 8. The number of para-hydroxylation sites is 1. The van der Waals surface area contributed by atoms with E-state index in [4.69, 9.17) is 21.4 Å². The lowest BCUT2D eigenvalue weighted by molar-refractivity contribution is 0.0696. The molecule has 33 heavy (non-hydrogen) atoms. The lowest BCUT2D eigenvalue weighted by Gasteiger charge is -2.16. The molecule has 1 unspecified atom stereocenters. The lowest BCUT2D eigenvalue weighted by Crippen LogP contribution is -2.27. The molecule has 1 amide bonds. The van der Waals surface area contributed by atoms with Gasteiger partial charge in [-0.3, -0.25) is 4.79 Å². The van der Waals surface area contributed by atoms with Crippen molar-refractivity contribution in [2.45, 2.75) is 19.5 Å². The molecule has 168 valence electrons. The molecule has 2 N–H and O–H groups in total. The molecule has 0 spiro atoms. The van der Waals surface area contributed by atoms with Gasteiger partial charge in [0.2, 0.25) is 0 Å². The minimum Gasteiger partial charge on any atom is -0.492 e. The maximum absolute atomic E-state index is 13.1. The molecule has 0 saturated carbocycles. The summed E-state index contributed by atoms with van der Waals surface area (Å²) in [6.45, 7) is 2.88. The van der Waals surface area contributed by atoms with Crippen LogP contribution in [0.15, 0.2) is 79.0 Å². The van der Waals surface area contributed by atoms with Gasteiger partial charge in [-0.15, -0.1) is 0 Å². The Bertz CT molecular complexity index is 1280. The number of amides is 1. The Morgan fingerprint density at radius 3 is 2.45 bits per heavy atom. The Labute approximate surface area is 196 Å². The smallest absolute Gasteiger partial charge is 0.335 e. The number of benzene rings is 3. The molecule has 4 rings (SSSR count). The molecule has 4 aromatic rings. The van der Waals surface area contributed by atoms with Crippen LogP contribution in [0.3, 0.4) is 0 Å². The number of carboxylic acids is 1. The molecule has 1 aromatic heterocycles.